The summed E-state index contributed by atoms with van der Waals surface area (Å²) in [4.78, 5) is 0. The smallest absolute Gasteiger partial charge is 0.0624 e. The van der Waals surface area contributed by atoms with Crippen LogP contribution in [0.4, 0.5) is 0 Å². The molecule has 2 N–H and O–H groups in total. The van der Waals surface area contributed by atoms with Crippen LogP contribution in [0.25, 0.3) is 0 Å². The first-order valence-electron chi connectivity index (χ1n) is 5.78. The molecule has 0 heterocycles. The Hall–Kier alpha value is -0.0800. The van der Waals surface area contributed by atoms with Crippen LogP contribution < -0.4 is 5.73 Å². The van der Waals surface area contributed by atoms with Crippen molar-refractivity contribution in [3.63, 3.8) is 0 Å². The zero-order chi connectivity index (χ0) is 11.2. The van der Waals surface area contributed by atoms with Gasteiger partial charge in [0.25, 0.3) is 0 Å². The lowest BCUT2D eigenvalue weighted by atomic mass is 9.95. The van der Waals surface area contributed by atoms with Gasteiger partial charge in [-0.3, -0.25) is 0 Å². The van der Waals surface area contributed by atoms with E-state index in [9.17, 15) is 0 Å². The number of hydrogen-bond acceptors (Lipinski definition) is 2. The van der Waals surface area contributed by atoms with Crippen molar-refractivity contribution in [2.24, 2.45) is 11.7 Å². The average Bonchev–Trinajstić information content (AvgIpc) is 2.09. The minimum absolute atomic E-state index is 0.0639. The normalized spacial score (nSPS) is 14.8. The molecule has 0 aliphatic rings. The second-order valence-electron chi connectivity index (χ2n) is 5.10. The zero-order valence-electron chi connectivity index (χ0n) is 10.5. The Morgan fingerprint density at radius 1 is 1.14 bits per heavy atom. The van der Waals surface area contributed by atoms with Gasteiger partial charge in [0.15, 0.2) is 0 Å². The fourth-order valence-corrected chi connectivity index (χ4v) is 1.48. The Labute approximate surface area is 89.2 Å². The molecule has 0 radical (unpaired) electrons. The van der Waals surface area contributed by atoms with Crippen LogP contribution in [0.1, 0.15) is 53.9 Å². The van der Waals surface area contributed by atoms with E-state index in [2.05, 4.69) is 34.6 Å². The largest absolute Gasteiger partial charge is 0.374 e. The van der Waals surface area contributed by atoms with Gasteiger partial charge in [-0.2, -0.15) is 0 Å². The van der Waals surface area contributed by atoms with E-state index in [0.29, 0.717) is 6.61 Å². The van der Waals surface area contributed by atoms with Crippen LogP contribution in [-0.2, 0) is 4.74 Å². The predicted molar refractivity (Wildman–Crippen MR) is 62.4 cm³/mol. The Balaban J connectivity index is 3.69. The molecule has 0 aromatic rings. The highest BCUT2D eigenvalue weighted by Gasteiger charge is 2.15. The molecule has 0 fully saturated rings. The highest BCUT2D eigenvalue weighted by atomic mass is 16.5. The number of rotatable bonds is 6. The van der Waals surface area contributed by atoms with Crippen molar-refractivity contribution in [1.82, 2.24) is 0 Å². The van der Waals surface area contributed by atoms with E-state index in [1.165, 1.54) is 12.8 Å². The Bertz CT molecular complexity index is 136. The molecule has 14 heavy (non-hydrogen) atoms. The van der Waals surface area contributed by atoms with E-state index in [-0.39, 0.29) is 11.6 Å². The quantitative estimate of drug-likeness (QED) is 0.717. The summed E-state index contributed by atoms with van der Waals surface area (Å²) in [7, 11) is 0. The highest BCUT2D eigenvalue weighted by Crippen LogP contribution is 2.15. The fourth-order valence-electron chi connectivity index (χ4n) is 1.48. The van der Waals surface area contributed by atoms with Crippen molar-refractivity contribution in [3.05, 3.63) is 0 Å². The topological polar surface area (TPSA) is 35.2 Å². The molecule has 1 unspecified atom stereocenters. The SMILES string of the molecule is CCC(CC)CC(N)COC(C)(C)C. The summed E-state index contributed by atoms with van der Waals surface area (Å²) in [5.41, 5.74) is 5.94. The van der Waals surface area contributed by atoms with E-state index in [0.717, 1.165) is 12.3 Å². The maximum atomic E-state index is 6.01. The van der Waals surface area contributed by atoms with Gasteiger partial charge in [0.05, 0.1) is 12.2 Å². The van der Waals surface area contributed by atoms with Crippen LogP contribution in [0, 0.1) is 5.92 Å². The number of nitrogens with two attached hydrogens (primary N) is 1. The summed E-state index contributed by atoms with van der Waals surface area (Å²) in [5, 5.41) is 0. The summed E-state index contributed by atoms with van der Waals surface area (Å²) in [6, 6.07) is 0.194. The first-order chi connectivity index (χ1) is 6.39. The predicted octanol–water partition coefficient (Wildman–Crippen LogP) is 2.96. The van der Waals surface area contributed by atoms with E-state index < -0.39 is 0 Å². The monoisotopic (exact) mass is 201 g/mol. The molecule has 0 aromatic heterocycles. The van der Waals surface area contributed by atoms with Crippen LogP contribution in [0.2, 0.25) is 0 Å². The molecule has 0 saturated carbocycles. The third-order valence-electron chi connectivity index (χ3n) is 2.52. The minimum Gasteiger partial charge on any atom is -0.374 e. The first kappa shape index (κ1) is 13.9. The maximum Gasteiger partial charge on any atom is 0.0624 e. The van der Waals surface area contributed by atoms with Gasteiger partial charge in [0.1, 0.15) is 0 Å². The molecule has 0 aromatic carbocycles. The Morgan fingerprint density at radius 3 is 2.00 bits per heavy atom. The fraction of sp³-hybridized carbons (Fsp3) is 1.00. The summed E-state index contributed by atoms with van der Waals surface area (Å²) >= 11 is 0. The van der Waals surface area contributed by atoms with E-state index in [4.69, 9.17) is 10.5 Å². The molecular formula is C12H27NO. The highest BCUT2D eigenvalue weighted by molar-refractivity contribution is 4.68. The van der Waals surface area contributed by atoms with E-state index >= 15 is 0 Å². The molecule has 0 rings (SSSR count). The van der Waals surface area contributed by atoms with Crippen LogP contribution in [0.15, 0.2) is 0 Å². The second-order valence-corrected chi connectivity index (χ2v) is 5.10. The molecule has 0 amide bonds. The van der Waals surface area contributed by atoms with E-state index in [1.54, 1.807) is 0 Å². The van der Waals surface area contributed by atoms with Gasteiger partial charge < -0.3 is 10.5 Å². The molecule has 1 atom stereocenters. The standard InChI is InChI=1S/C12H27NO/c1-6-10(7-2)8-11(13)9-14-12(3,4)5/h10-11H,6-9,13H2,1-5H3. The van der Waals surface area contributed by atoms with Gasteiger partial charge in [-0.25, -0.2) is 0 Å². The van der Waals surface area contributed by atoms with Gasteiger partial charge in [0, 0.05) is 6.04 Å². The number of ether oxygens (including phenoxy) is 1. The van der Waals surface area contributed by atoms with Crippen LogP contribution in [-0.4, -0.2) is 18.2 Å². The van der Waals surface area contributed by atoms with Crippen LogP contribution in [0.3, 0.4) is 0 Å². The molecule has 2 nitrogen and oxygen atoms in total. The molecule has 86 valence electrons. The van der Waals surface area contributed by atoms with Crippen molar-refractivity contribution >= 4 is 0 Å². The minimum atomic E-state index is -0.0639. The van der Waals surface area contributed by atoms with Crippen LogP contribution in [0.5, 0.6) is 0 Å². The lowest BCUT2D eigenvalue weighted by Gasteiger charge is -2.24. The summed E-state index contributed by atoms with van der Waals surface area (Å²) in [6.45, 7) is 11.3. The summed E-state index contributed by atoms with van der Waals surface area (Å²) < 4.78 is 5.66. The molecule has 0 spiro atoms. The maximum absolute atomic E-state index is 6.01. The van der Waals surface area contributed by atoms with Crippen LogP contribution >= 0.6 is 0 Å². The van der Waals surface area contributed by atoms with Crippen molar-refractivity contribution < 1.29 is 4.74 Å². The summed E-state index contributed by atoms with van der Waals surface area (Å²) in [5.74, 6) is 0.758. The Kier molecular flexibility index (Phi) is 6.38. The Morgan fingerprint density at radius 2 is 1.64 bits per heavy atom. The van der Waals surface area contributed by atoms with Crippen molar-refractivity contribution in [2.75, 3.05) is 6.61 Å². The molecule has 0 saturated heterocycles. The zero-order valence-corrected chi connectivity index (χ0v) is 10.5. The third kappa shape index (κ3) is 7.34. The molecule has 2 heteroatoms. The second kappa shape index (κ2) is 6.41. The van der Waals surface area contributed by atoms with Crippen molar-refractivity contribution in [2.45, 2.75) is 65.5 Å². The van der Waals surface area contributed by atoms with Gasteiger partial charge in [-0.05, 0) is 33.1 Å². The summed E-state index contributed by atoms with van der Waals surface area (Å²) in [6.07, 6.45) is 3.53. The van der Waals surface area contributed by atoms with E-state index in [1.807, 2.05) is 0 Å². The van der Waals surface area contributed by atoms with Crippen molar-refractivity contribution in [1.29, 1.82) is 0 Å². The van der Waals surface area contributed by atoms with Gasteiger partial charge in [0.2, 0.25) is 0 Å². The van der Waals surface area contributed by atoms with Gasteiger partial charge in [-0.15, -0.1) is 0 Å². The molecule has 0 aliphatic heterocycles. The number of hydrogen-bond donors (Lipinski definition) is 1. The van der Waals surface area contributed by atoms with Gasteiger partial charge in [-0.1, -0.05) is 26.7 Å². The lowest BCUT2D eigenvalue weighted by molar-refractivity contribution is -0.0125. The lowest BCUT2D eigenvalue weighted by Crippen LogP contribution is -2.33. The first-order valence-corrected chi connectivity index (χ1v) is 5.78. The molecule has 0 bridgehead atoms. The van der Waals surface area contributed by atoms with Gasteiger partial charge >= 0.3 is 0 Å². The average molecular weight is 201 g/mol. The molecule has 0 aliphatic carbocycles. The third-order valence-corrected chi connectivity index (χ3v) is 2.52. The van der Waals surface area contributed by atoms with Crippen molar-refractivity contribution in [3.8, 4) is 0 Å². The molecular weight excluding hydrogens is 174 g/mol.